The second-order valence-electron chi connectivity index (χ2n) is 5.76. The third-order valence-corrected chi connectivity index (χ3v) is 3.88. The van der Waals surface area contributed by atoms with Crippen LogP contribution >= 0.6 is 0 Å². The maximum Gasteiger partial charge on any atom is 0.238 e. The zero-order chi connectivity index (χ0) is 14.7. The van der Waals surface area contributed by atoms with Gasteiger partial charge in [0.2, 0.25) is 5.91 Å². The van der Waals surface area contributed by atoms with Gasteiger partial charge in [-0.2, -0.15) is 0 Å². The Morgan fingerprint density at radius 3 is 2.90 bits per heavy atom. The van der Waals surface area contributed by atoms with Crippen LogP contribution in [0.3, 0.4) is 0 Å². The third kappa shape index (κ3) is 3.71. The number of carbonyl (C=O) groups is 1. The number of likely N-dealkylation sites (N-methyl/N-ethyl adjacent to an activating group) is 1. The van der Waals surface area contributed by atoms with Crippen LogP contribution in [0.4, 0.5) is 11.4 Å². The van der Waals surface area contributed by atoms with Crippen molar-refractivity contribution in [3.05, 3.63) is 23.8 Å². The zero-order valence-corrected chi connectivity index (χ0v) is 12.5. The summed E-state index contributed by atoms with van der Waals surface area (Å²) in [5, 5.41) is 2.95. The number of nitrogens with two attached hydrogens (primary N) is 1. The quantitative estimate of drug-likeness (QED) is 0.810. The van der Waals surface area contributed by atoms with Gasteiger partial charge in [-0.15, -0.1) is 0 Å². The summed E-state index contributed by atoms with van der Waals surface area (Å²) in [5.74, 6) is 0.0260. The monoisotopic (exact) mass is 276 g/mol. The van der Waals surface area contributed by atoms with Crippen molar-refractivity contribution in [2.45, 2.75) is 19.4 Å². The molecule has 0 radical (unpaired) electrons. The third-order valence-electron chi connectivity index (χ3n) is 3.88. The number of aryl methyl sites for hydroxylation is 1. The summed E-state index contributed by atoms with van der Waals surface area (Å²) in [7, 11) is 4.18. The average Bonchev–Trinajstić information content (AvgIpc) is 2.82. The predicted octanol–water partition coefficient (Wildman–Crippen LogP) is 1.15. The highest BCUT2D eigenvalue weighted by molar-refractivity contribution is 5.93. The van der Waals surface area contributed by atoms with Gasteiger partial charge in [0.15, 0.2) is 0 Å². The van der Waals surface area contributed by atoms with Crippen LogP contribution in [0, 0.1) is 6.92 Å². The summed E-state index contributed by atoms with van der Waals surface area (Å²) in [6.45, 7) is 4.34. The Bertz CT molecular complexity index is 487. The highest BCUT2D eigenvalue weighted by Gasteiger charge is 2.25. The van der Waals surface area contributed by atoms with E-state index >= 15 is 0 Å². The lowest BCUT2D eigenvalue weighted by atomic mass is 10.2. The fraction of sp³-hybridized carbons (Fsp3) is 0.533. The number of anilines is 2. The van der Waals surface area contributed by atoms with Crippen molar-refractivity contribution in [1.29, 1.82) is 0 Å². The van der Waals surface area contributed by atoms with E-state index in [0.29, 0.717) is 18.3 Å². The summed E-state index contributed by atoms with van der Waals surface area (Å²) in [6, 6.07) is 6.12. The van der Waals surface area contributed by atoms with E-state index in [1.807, 2.05) is 19.1 Å². The molecule has 20 heavy (non-hydrogen) atoms. The zero-order valence-electron chi connectivity index (χ0n) is 12.5. The number of hydrogen-bond acceptors (Lipinski definition) is 4. The minimum absolute atomic E-state index is 0.0260. The molecule has 1 amide bonds. The number of amides is 1. The van der Waals surface area contributed by atoms with Crippen molar-refractivity contribution >= 4 is 17.3 Å². The molecule has 0 spiro atoms. The normalized spacial score (nSPS) is 19.5. The summed E-state index contributed by atoms with van der Waals surface area (Å²) < 4.78 is 0. The number of nitrogens with zero attached hydrogens (tertiary/aromatic N) is 2. The molecule has 110 valence electrons. The van der Waals surface area contributed by atoms with Gasteiger partial charge in [0.05, 0.1) is 6.54 Å². The van der Waals surface area contributed by atoms with Gasteiger partial charge in [0.1, 0.15) is 0 Å². The molecule has 2 rings (SSSR count). The minimum Gasteiger partial charge on any atom is -0.399 e. The Balaban J connectivity index is 1.88. The van der Waals surface area contributed by atoms with E-state index in [0.717, 1.165) is 30.8 Å². The molecule has 1 aromatic carbocycles. The Labute approximate surface area is 120 Å². The largest absolute Gasteiger partial charge is 0.399 e. The first-order valence-electron chi connectivity index (χ1n) is 7.00. The lowest BCUT2D eigenvalue weighted by Gasteiger charge is -2.20. The topological polar surface area (TPSA) is 61.6 Å². The van der Waals surface area contributed by atoms with E-state index in [9.17, 15) is 4.79 Å². The number of hydrogen-bond donors (Lipinski definition) is 2. The van der Waals surface area contributed by atoms with Crippen LogP contribution in [0.15, 0.2) is 18.2 Å². The predicted molar refractivity (Wildman–Crippen MR) is 82.8 cm³/mol. The Morgan fingerprint density at radius 2 is 2.25 bits per heavy atom. The van der Waals surface area contributed by atoms with Crippen LogP contribution in [-0.2, 0) is 4.79 Å². The lowest BCUT2D eigenvalue weighted by Crippen LogP contribution is -2.35. The van der Waals surface area contributed by atoms with E-state index in [4.69, 9.17) is 5.73 Å². The van der Waals surface area contributed by atoms with E-state index in [1.165, 1.54) is 0 Å². The average molecular weight is 276 g/mol. The van der Waals surface area contributed by atoms with Gasteiger partial charge in [-0.3, -0.25) is 9.69 Å². The standard InChI is InChI=1S/C15H24N4O/c1-11-4-5-12(16)8-14(11)17-15(20)10-19-7-6-13(9-19)18(2)3/h4-5,8,13H,6-7,9-10,16H2,1-3H3,(H,17,20). The SMILES string of the molecule is Cc1ccc(N)cc1NC(=O)CN1CCC(N(C)C)C1. The van der Waals surface area contributed by atoms with E-state index < -0.39 is 0 Å². The molecule has 1 aromatic rings. The Morgan fingerprint density at radius 1 is 1.50 bits per heavy atom. The number of benzene rings is 1. The van der Waals surface area contributed by atoms with Crippen molar-refractivity contribution in [3.8, 4) is 0 Å². The highest BCUT2D eigenvalue weighted by Crippen LogP contribution is 2.18. The van der Waals surface area contributed by atoms with Crippen molar-refractivity contribution < 1.29 is 4.79 Å². The molecule has 0 bridgehead atoms. The number of nitrogens with one attached hydrogen (secondary N) is 1. The molecule has 0 aliphatic carbocycles. The first kappa shape index (κ1) is 14.8. The van der Waals surface area contributed by atoms with Crippen LogP contribution < -0.4 is 11.1 Å². The summed E-state index contributed by atoms with van der Waals surface area (Å²) >= 11 is 0. The molecule has 1 aliphatic heterocycles. The van der Waals surface area contributed by atoms with Gasteiger partial charge in [-0.05, 0) is 45.1 Å². The molecular formula is C15H24N4O. The van der Waals surface area contributed by atoms with Crippen LogP contribution in [0.5, 0.6) is 0 Å². The Kier molecular flexibility index (Phi) is 4.62. The molecular weight excluding hydrogens is 252 g/mol. The van der Waals surface area contributed by atoms with Gasteiger partial charge < -0.3 is 16.0 Å². The molecule has 0 aromatic heterocycles. The molecule has 1 atom stereocenters. The van der Waals surface area contributed by atoms with Gasteiger partial charge in [0, 0.05) is 30.5 Å². The maximum atomic E-state index is 12.1. The fourth-order valence-electron chi connectivity index (χ4n) is 2.54. The van der Waals surface area contributed by atoms with Crippen LogP contribution in [-0.4, -0.2) is 55.5 Å². The highest BCUT2D eigenvalue weighted by atomic mass is 16.2. The van der Waals surface area contributed by atoms with E-state index in [-0.39, 0.29) is 5.91 Å². The van der Waals surface area contributed by atoms with Crippen LogP contribution in [0.2, 0.25) is 0 Å². The van der Waals surface area contributed by atoms with Crippen LogP contribution in [0.1, 0.15) is 12.0 Å². The molecule has 5 nitrogen and oxygen atoms in total. The summed E-state index contributed by atoms with van der Waals surface area (Å²) in [5.41, 5.74) is 8.25. The van der Waals surface area contributed by atoms with Gasteiger partial charge in [0.25, 0.3) is 0 Å². The minimum atomic E-state index is 0.0260. The van der Waals surface area contributed by atoms with Crippen molar-refractivity contribution in [2.24, 2.45) is 0 Å². The van der Waals surface area contributed by atoms with Crippen molar-refractivity contribution in [1.82, 2.24) is 9.80 Å². The smallest absolute Gasteiger partial charge is 0.238 e. The number of rotatable bonds is 4. The van der Waals surface area contributed by atoms with E-state index in [2.05, 4.69) is 29.2 Å². The van der Waals surface area contributed by atoms with Crippen LogP contribution in [0.25, 0.3) is 0 Å². The van der Waals surface area contributed by atoms with Gasteiger partial charge in [-0.25, -0.2) is 0 Å². The molecule has 1 saturated heterocycles. The lowest BCUT2D eigenvalue weighted by molar-refractivity contribution is -0.117. The Hall–Kier alpha value is -1.59. The van der Waals surface area contributed by atoms with Gasteiger partial charge in [-0.1, -0.05) is 6.07 Å². The fourth-order valence-corrected chi connectivity index (χ4v) is 2.54. The number of carbonyl (C=O) groups excluding carboxylic acids is 1. The summed E-state index contributed by atoms with van der Waals surface area (Å²) in [4.78, 5) is 16.5. The van der Waals surface area contributed by atoms with Gasteiger partial charge >= 0.3 is 0 Å². The molecule has 1 aliphatic rings. The second kappa shape index (κ2) is 6.24. The maximum absolute atomic E-state index is 12.1. The molecule has 3 N–H and O–H groups in total. The summed E-state index contributed by atoms with van der Waals surface area (Å²) in [6.07, 6.45) is 1.12. The first-order valence-corrected chi connectivity index (χ1v) is 7.00. The number of likely N-dealkylation sites (tertiary alicyclic amines) is 1. The molecule has 1 unspecified atom stereocenters. The second-order valence-corrected chi connectivity index (χ2v) is 5.76. The van der Waals surface area contributed by atoms with E-state index in [1.54, 1.807) is 6.07 Å². The molecule has 0 saturated carbocycles. The first-order chi connectivity index (χ1) is 9.45. The molecule has 5 heteroatoms. The molecule has 1 heterocycles. The van der Waals surface area contributed by atoms with Crippen molar-refractivity contribution in [3.63, 3.8) is 0 Å². The molecule has 1 fully saturated rings. The van der Waals surface area contributed by atoms with Crippen molar-refractivity contribution in [2.75, 3.05) is 44.8 Å². The number of nitrogen functional groups attached to an aromatic ring is 1.